The van der Waals surface area contributed by atoms with Crippen LogP contribution in [-0.4, -0.2) is 23.0 Å². The molecular weight excluding hydrogens is 266 g/mol. The molecule has 2 N–H and O–H groups in total. The van der Waals surface area contributed by atoms with E-state index in [1.807, 2.05) is 0 Å². The summed E-state index contributed by atoms with van der Waals surface area (Å²) in [6.07, 6.45) is 11.7. The molecule has 0 aromatic heterocycles. The number of amides is 1. The van der Waals surface area contributed by atoms with E-state index in [9.17, 15) is 14.7 Å². The summed E-state index contributed by atoms with van der Waals surface area (Å²) in [5, 5.41) is 12.3. The highest BCUT2D eigenvalue weighted by Crippen LogP contribution is 2.38. The summed E-state index contributed by atoms with van der Waals surface area (Å²) < 4.78 is 0. The lowest BCUT2D eigenvalue weighted by molar-refractivity contribution is -0.149. The molecule has 4 nitrogen and oxygen atoms in total. The molecule has 0 aliphatic heterocycles. The van der Waals surface area contributed by atoms with Gasteiger partial charge < -0.3 is 10.4 Å². The quantitative estimate of drug-likeness (QED) is 0.788. The number of hydrogen-bond donors (Lipinski definition) is 2. The fraction of sp³-hybridized carbons (Fsp3) is 0.882. The summed E-state index contributed by atoms with van der Waals surface area (Å²) in [5.74, 6) is 0.0556. The van der Waals surface area contributed by atoms with E-state index in [4.69, 9.17) is 0 Å². The smallest absolute Gasteiger partial charge is 0.311 e. The number of carboxylic acids is 1. The summed E-state index contributed by atoms with van der Waals surface area (Å²) in [6, 6.07) is -0.197. The zero-order valence-electron chi connectivity index (χ0n) is 13.2. The molecule has 2 fully saturated rings. The van der Waals surface area contributed by atoms with Gasteiger partial charge in [0.15, 0.2) is 0 Å². The van der Waals surface area contributed by atoms with E-state index in [0.29, 0.717) is 12.8 Å². The monoisotopic (exact) mass is 295 g/mol. The van der Waals surface area contributed by atoms with E-state index in [1.165, 1.54) is 32.1 Å². The van der Waals surface area contributed by atoms with Crippen LogP contribution < -0.4 is 5.32 Å². The highest BCUT2D eigenvalue weighted by Gasteiger charge is 2.45. The molecular formula is C17H29NO3. The number of nitrogens with one attached hydrogen (secondary N) is 1. The van der Waals surface area contributed by atoms with Crippen molar-refractivity contribution in [1.29, 1.82) is 0 Å². The molecule has 4 heteroatoms. The molecule has 0 heterocycles. The van der Waals surface area contributed by atoms with Gasteiger partial charge in [0.1, 0.15) is 0 Å². The number of carboxylic acid groups (broad SMARTS) is 1. The van der Waals surface area contributed by atoms with Crippen molar-refractivity contribution in [3.8, 4) is 0 Å². The van der Waals surface area contributed by atoms with Crippen molar-refractivity contribution >= 4 is 11.9 Å². The number of hydrogen-bond acceptors (Lipinski definition) is 2. The van der Waals surface area contributed by atoms with Crippen LogP contribution in [0, 0.1) is 11.3 Å². The molecule has 2 rings (SSSR count). The number of carbonyl (C=O) groups is 2. The van der Waals surface area contributed by atoms with Crippen LogP contribution in [0.15, 0.2) is 0 Å². The molecule has 0 aromatic rings. The third-order valence-corrected chi connectivity index (χ3v) is 5.52. The van der Waals surface area contributed by atoms with E-state index in [-0.39, 0.29) is 11.9 Å². The Morgan fingerprint density at radius 3 is 2.52 bits per heavy atom. The lowest BCUT2D eigenvalue weighted by Crippen LogP contribution is -2.47. The lowest BCUT2D eigenvalue weighted by Gasteiger charge is -2.28. The van der Waals surface area contributed by atoms with Gasteiger partial charge in [-0.1, -0.05) is 38.5 Å². The number of rotatable bonds is 6. The largest absolute Gasteiger partial charge is 0.481 e. The molecule has 0 spiro atoms. The molecule has 1 amide bonds. The lowest BCUT2D eigenvalue weighted by atomic mass is 9.84. The molecule has 2 aliphatic carbocycles. The maximum atomic E-state index is 12.0. The maximum absolute atomic E-state index is 12.0. The predicted octanol–water partition coefficient (Wildman–Crippen LogP) is 3.50. The number of carbonyl (C=O) groups excluding carboxylic acids is 1. The normalized spacial score (nSPS) is 30.2. The van der Waals surface area contributed by atoms with E-state index in [0.717, 1.165) is 31.6 Å². The standard InChI is InChI=1S/C17H29NO3/c1-17(16(20)21)12-6-10-14(17)18-15(19)11-5-9-13-7-3-2-4-8-13/h13-14H,2-12H2,1H3,(H,18,19)(H,20,21). The Hall–Kier alpha value is -1.06. The third-order valence-electron chi connectivity index (χ3n) is 5.52. The van der Waals surface area contributed by atoms with Gasteiger partial charge >= 0.3 is 5.97 Å². The topological polar surface area (TPSA) is 66.4 Å². The summed E-state index contributed by atoms with van der Waals surface area (Å²) in [4.78, 5) is 23.4. The molecule has 2 atom stereocenters. The van der Waals surface area contributed by atoms with Crippen molar-refractivity contribution in [3.05, 3.63) is 0 Å². The van der Waals surface area contributed by atoms with Crippen LogP contribution >= 0.6 is 0 Å². The first-order valence-electron chi connectivity index (χ1n) is 8.55. The first-order valence-corrected chi connectivity index (χ1v) is 8.55. The minimum atomic E-state index is -0.785. The highest BCUT2D eigenvalue weighted by atomic mass is 16.4. The Morgan fingerprint density at radius 2 is 1.86 bits per heavy atom. The first-order chi connectivity index (χ1) is 10.0. The van der Waals surface area contributed by atoms with Crippen molar-refractivity contribution in [2.24, 2.45) is 11.3 Å². The Kier molecular flexibility index (Phi) is 5.65. The molecule has 0 bridgehead atoms. The predicted molar refractivity (Wildman–Crippen MR) is 82.0 cm³/mol. The van der Waals surface area contributed by atoms with E-state index >= 15 is 0 Å². The second-order valence-electron chi connectivity index (χ2n) is 7.13. The summed E-state index contributed by atoms with van der Waals surface area (Å²) >= 11 is 0. The molecule has 2 aliphatic rings. The van der Waals surface area contributed by atoms with Crippen LogP contribution in [0.4, 0.5) is 0 Å². The van der Waals surface area contributed by atoms with Gasteiger partial charge in [-0.05, 0) is 38.5 Å². The maximum Gasteiger partial charge on any atom is 0.311 e. The van der Waals surface area contributed by atoms with Crippen LogP contribution in [0.2, 0.25) is 0 Å². The Balaban J connectivity index is 1.70. The zero-order valence-corrected chi connectivity index (χ0v) is 13.2. The van der Waals surface area contributed by atoms with Gasteiger partial charge in [0.05, 0.1) is 5.41 Å². The van der Waals surface area contributed by atoms with Gasteiger partial charge in [-0.25, -0.2) is 0 Å². The molecule has 21 heavy (non-hydrogen) atoms. The second kappa shape index (κ2) is 7.28. The van der Waals surface area contributed by atoms with Gasteiger partial charge in [-0.2, -0.15) is 0 Å². The summed E-state index contributed by atoms with van der Waals surface area (Å²) in [7, 11) is 0. The van der Waals surface area contributed by atoms with E-state index in [1.54, 1.807) is 6.92 Å². The van der Waals surface area contributed by atoms with Crippen molar-refractivity contribution in [2.45, 2.75) is 83.6 Å². The third kappa shape index (κ3) is 4.21. The molecule has 0 saturated heterocycles. The molecule has 2 unspecified atom stereocenters. The summed E-state index contributed by atoms with van der Waals surface area (Å²) in [6.45, 7) is 1.76. The fourth-order valence-corrected chi connectivity index (χ4v) is 3.95. The minimum absolute atomic E-state index is 0.0326. The Morgan fingerprint density at radius 1 is 1.14 bits per heavy atom. The summed E-state index contributed by atoms with van der Waals surface area (Å²) in [5.41, 5.74) is -0.779. The van der Waals surface area contributed by atoms with Gasteiger partial charge in [-0.3, -0.25) is 9.59 Å². The Bertz CT molecular complexity index is 376. The van der Waals surface area contributed by atoms with Gasteiger partial charge in [0.2, 0.25) is 5.91 Å². The average Bonchev–Trinajstić information content (AvgIpc) is 2.83. The van der Waals surface area contributed by atoms with Gasteiger partial charge in [0, 0.05) is 12.5 Å². The van der Waals surface area contributed by atoms with Crippen molar-refractivity contribution in [1.82, 2.24) is 5.32 Å². The van der Waals surface area contributed by atoms with Crippen LogP contribution in [0.5, 0.6) is 0 Å². The van der Waals surface area contributed by atoms with Crippen LogP contribution in [0.3, 0.4) is 0 Å². The van der Waals surface area contributed by atoms with E-state index < -0.39 is 11.4 Å². The fourth-order valence-electron chi connectivity index (χ4n) is 3.95. The van der Waals surface area contributed by atoms with Crippen LogP contribution in [-0.2, 0) is 9.59 Å². The molecule has 120 valence electrons. The van der Waals surface area contributed by atoms with Crippen molar-refractivity contribution in [2.75, 3.05) is 0 Å². The minimum Gasteiger partial charge on any atom is -0.481 e. The molecule has 0 aromatic carbocycles. The highest BCUT2D eigenvalue weighted by molar-refractivity contribution is 5.80. The zero-order chi connectivity index (χ0) is 15.3. The van der Waals surface area contributed by atoms with Gasteiger partial charge in [-0.15, -0.1) is 0 Å². The van der Waals surface area contributed by atoms with Crippen molar-refractivity contribution in [3.63, 3.8) is 0 Å². The number of aliphatic carboxylic acids is 1. The van der Waals surface area contributed by atoms with Crippen LogP contribution in [0.1, 0.15) is 77.6 Å². The van der Waals surface area contributed by atoms with E-state index in [2.05, 4.69) is 5.32 Å². The van der Waals surface area contributed by atoms with Crippen LogP contribution in [0.25, 0.3) is 0 Å². The first kappa shape index (κ1) is 16.3. The second-order valence-corrected chi connectivity index (χ2v) is 7.13. The Labute approximate surface area is 127 Å². The van der Waals surface area contributed by atoms with Crippen molar-refractivity contribution < 1.29 is 14.7 Å². The average molecular weight is 295 g/mol. The van der Waals surface area contributed by atoms with Gasteiger partial charge in [0.25, 0.3) is 0 Å². The SMILES string of the molecule is CC1(C(=O)O)CCCC1NC(=O)CCCC1CCCCC1. The molecule has 0 radical (unpaired) electrons. The molecule has 2 saturated carbocycles.